The van der Waals surface area contributed by atoms with Gasteiger partial charge in [-0.15, -0.1) is 11.3 Å². The number of thiazole rings is 1. The fraction of sp³-hybridized carbons (Fsp3) is 0.0833. The molecule has 11 heteroatoms. The van der Waals surface area contributed by atoms with E-state index in [1.807, 2.05) is 0 Å². The average molecular weight is 376 g/mol. The smallest absolute Gasteiger partial charge is 0.355 e. The van der Waals surface area contributed by atoms with Crippen molar-refractivity contribution in [3.05, 3.63) is 44.9 Å². The topological polar surface area (TPSA) is 139 Å². The lowest BCUT2D eigenvalue weighted by molar-refractivity contribution is 0.0691. The van der Waals surface area contributed by atoms with E-state index in [1.165, 1.54) is 17.5 Å². The minimum absolute atomic E-state index is 0.0414. The van der Waals surface area contributed by atoms with Crippen molar-refractivity contribution in [1.29, 1.82) is 0 Å². The Morgan fingerprint density at radius 3 is 2.61 bits per heavy atom. The molecule has 1 aromatic carbocycles. The maximum absolute atomic E-state index is 12.2. The number of carbonyl (C=O) groups excluding carboxylic acids is 1. The molecule has 2 rings (SSSR count). The minimum Gasteiger partial charge on any atom is -0.476 e. The third kappa shape index (κ3) is 4.26. The molecule has 2 aromatic rings. The number of carboxylic acid groups (broad SMARTS) is 1. The number of rotatable bonds is 6. The van der Waals surface area contributed by atoms with Crippen LogP contribution in [0, 0.1) is 0 Å². The maximum atomic E-state index is 12.2. The number of halogens is 1. The third-order valence-corrected chi connectivity index (χ3v) is 5.10. The molecule has 4 N–H and O–H groups in total. The van der Waals surface area contributed by atoms with Gasteiger partial charge in [0.15, 0.2) is 5.69 Å². The Hall–Kier alpha value is -2.01. The zero-order chi connectivity index (χ0) is 17.2. The van der Waals surface area contributed by atoms with Crippen molar-refractivity contribution >= 4 is 44.8 Å². The molecule has 0 radical (unpaired) electrons. The first-order valence-electron chi connectivity index (χ1n) is 5.97. The molecule has 1 amide bonds. The van der Waals surface area contributed by atoms with Gasteiger partial charge in [-0.3, -0.25) is 4.79 Å². The van der Waals surface area contributed by atoms with Gasteiger partial charge in [0.2, 0.25) is 15.9 Å². The van der Waals surface area contributed by atoms with Crippen LogP contribution in [0.2, 0.25) is 5.02 Å². The molecule has 0 aliphatic carbocycles. The van der Waals surface area contributed by atoms with Crippen molar-refractivity contribution in [3.63, 3.8) is 0 Å². The average Bonchev–Trinajstić information content (AvgIpc) is 2.93. The highest BCUT2D eigenvalue weighted by Crippen LogP contribution is 2.19. The highest BCUT2D eigenvalue weighted by atomic mass is 35.5. The van der Waals surface area contributed by atoms with E-state index in [4.69, 9.17) is 22.4 Å². The van der Waals surface area contributed by atoms with E-state index >= 15 is 0 Å². The van der Waals surface area contributed by atoms with Crippen LogP contribution in [0.25, 0.3) is 0 Å². The van der Waals surface area contributed by atoms with Crippen LogP contribution in [-0.2, 0) is 16.6 Å². The zero-order valence-corrected chi connectivity index (χ0v) is 13.7. The molecule has 0 unspecified atom stereocenters. The lowest BCUT2D eigenvalue weighted by atomic mass is 10.2. The number of carboxylic acids is 1. The number of primary amides is 1. The number of aromatic nitrogens is 1. The predicted molar refractivity (Wildman–Crippen MR) is 83.1 cm³/mol. The van der Waals surface area contributed by atoms with Gasteiger partial charge in [-0.25, -0.2) is 22.9 Å². The summed E-state index contributed by atoms with van der Waals surface area (Å²) in [6.07, 6.45) is 0. The van der Waals surface area contributed by atoms with E-state index in [-0.39, 0.29) is 32.7 Å². The van der Waals surface area contributed by atoms with Crippen LogP contribution in [0.1, 0.15) is 25.9 Å². The van der Waals surface area contributed by atoms with Gasteiger partial charge in [0.25, 0.3) is 0 Å². The highest BCUT2D eigenvalue weighted by Gasteiger charge is 2.18. The fourth-order valence-corrected chi connectivity index (χ4v) is 3.75. The first-order valence-corrected chi connectivity index (χ1v) is 8.71. The van der Waals surface area contributed by atoms with Crippen LogP contribution >= 0.6 is 22.9 Å². The second-order valence-electron chi connectivity index (χ2n) is 4.30. The van der Waals surface area contributed by atoms with Crippen LogP contribution in [0.4, 0.5) is 0 Å². The number of benzene rings is 1. The molecule has 0 fully saturated rings. The van der Waals surface area contributed by atoms with Crippen molar-refractivity contribution in [2.75, 3.05) is 0 Å². The van der Waals surface area contributed by atoms with Gasteiger partial charge >= 0.3 is 5.97 Å². The molecular formula is C12H10ClN3O5S2. The third-order valence-electron chi connectivity index (χ3n) is 2.65. The molecule has 122 valence electrons. The molecule has 0 bridgehead atoms. The van der Waals surface area contributed by atoms with Gasteiger partial charge in [-0.2, -0.15) is 0 Å². The van der Waals surface area contributed by atoms with Crippen molar-refractivity contribution < 1.29 is 23.1 Å². The van der Waals surface area contributed by atoms with Crippen molar-refractivity contribution in [1.82, 2.24) is 9.71 Å². The number of nitrogens with zero attached hydrogens (tertiary/aromatic N) is 1. The molecule has 0 atom stereocenters. The first kappa shape index (κ1) is 17.3. The monoisotopic (exact) mass is 375 g/mol. The number of hydrogen-bond donors (Lipinski definition) is 3. The van der Waals surface area contributed by atoms with Crippen LogP contribution < -0.4 is 10.5 Å². The molecule has 1 heterocycles. The quantitative estimate of drug-likeness (QED) is 0.690. The number of aromatic carboxylic acids is 1. The van der Waals surface area contributed by atoms with E-state index < -0.39 is 21.9 Å². The maximum Gasteiger partial charge on any atom is 0.355 e. The summed E-state index contributed by atoms with van der Waals surface area (Å²) in [7, 11) is -3.97. The Kier molecular flexibility index (Phi) is 5.00. The molecule has 1 aromatic heterocycles. The summed E-state index contributed by atoms with van der Waals surface area (Å²) in [5, 5.41) is 10.4. The Balaban J connectivity index is 2.21. The summed E-state index contributed by atoms with van der Waals surface area (Å²) in [6.45, 7) is -0.196. The summed E-state index contributed by atoms with van der Waals surface area (Å²) in [5.41, 5.74) is 4.91. The van der Waals surface area contributed by atoms with Crippen LogP contribution in [-0.4, -0.2) is 30.4 Å². The summed E-state index contributed by atoms with van der Waals surface area (Å²) in [5.74, 6) is -2.01. The first-order chi connectivity index (χ1) is 10.7. The SMILES string of the molecule is NC(=O)c1cc(Cl)cc(S(=O)(=O)NCc2nc(C(=O)O)cs2)c1. The van der Waals surface area contributed by atoms with Gasteiger partial charge < -0.3 is 10.8 Å². The Morgan fingerprint density at radius 2 is 2.04 bits per heavy atom. The van der Waals surface area contributed by atoms with E-state index in [0.717, 1.165) is 17.4 Å². The van der Waals surface area contributed by atoms with Gasteiger partial charge in [0.1, 0.15) is 5.01 Å². The molecule has 0 aliphatic rings. The van der Waals surface area contributed by atoms with Crippen LogP contribution in [0.15, 0.2) is 28.5 Å². The summed E-state index contributed by atoms with van der Waals surface area (Å²) in [4.78, 5) is 25.4. The van der Waals surface area contributed by atoms with Gasteiger partial charge in [0, 0.05) is 16.0 Å². The number of nitrogens with two attached hydrogens (primary N) is 1. The summed E-state index contributed by atoms with van der Waals surface area (Å²) in [6, 6.07) is 3.52. The van der Waals surface area contributed by atoms with E-state index in [0.29, 0.717) is 0 Å². The van der Waals surface area contributed by atoms with Crippen molar-refractivity contribution in [2.24, 2.45) is 5.73 Å². The van der Waals surface area contributed by atoms with Gasteiger partial charge in [-0.05, 0) is 18.2 Å². The van der Waals surface area contributed by atoms with Crippen molar-refractivity contribution in [2.45, 2.75) is 11.4 Å². The second kappa shape index (κ2) is 6.62. The number of sulfonamides is 1. The van der Waals surface area contributed by atoms with Crippen LogP contribution in [0.5, 0.6) is 0 Å². The number of carbonyl (C=O) groups is 2. The van der Waals surface area contributed by atoms with Gasteiger partial charge in [-0.1, -0.05) is 11.6 Å². The fourth-order valence-electron chi connectivity index (χ4n) is 1.59. The number of nitrogens with one attached hydrogen (secondary N) is 1. The normalized spacial score (nSPS) is 11.3. The van der Waals surface area contributed by atoms with Crippen LogP contribution in [0.3, 0.4) is 0 Å². The molecule has 0 aliphatic heterocycles. The molecule has 0 saturated carbocycles. The Bertz CT molecular complexity index is 879. The van der Waals surface area contributed by atoms with E-state index in [9.17, 15) is 18.0 Å². The van der Waals surface area contributed by atoms with E-state index in [2.05, 4.69) is 9.71 Å². The van der Waals surface area contributed by atoms with Gasteiger partial charge in [0.05, 0.1) is 11.4 Å². The van der Waals surface area contributed by atoms with Crippen molar-refractivity contribution in [3.8, 4) is 0 Å². The lowest BCUT2D eigenvalue weighted by Gasteiger charge is -2.07. The van der Waals surface area contributed by atoms with E-state index in [1.54, 1.807) is 0 Å². The largest absolute Gasteiger partial charge is 0.476 e. The summed E-state index contributed by atoms with van der Waals surface area (Å²) < 4.78 is 26.7. The Labute approximate surface area is 140 Å². The second-order valence-corrected chi connectivity index (χ2v) is 7.44. The predicted octanol–water partition coefficient (Wildman–Crippen LogP) is 1.07. The lowest BCUT2D eigenvalue weighted by Crippen LogP contribution is -2.24. The molecule has 23 heavy (non-hydrogen) atoms. The zero-order valence-electron chi connectivity index (χ0n) is 11.3. The molecule has 0 saturated heterocycles. The molecule has 0 spiro atoms. The number of hydrogen-bond acceptors (Lipinski definition) is 6. The Morgan fingerprint density at radius 1 is 1.35 bits per heavy atom. The highest BCUT2D eigenvalue weighted by molar-refractivity contribution is 7.89. The number of amides is 1. The summed E-state index contributed by atoms with van der Waals surface area (Å²) >= 11 is 6.79. The standard InChI is InChI=1S/C12H10ClN3O5S2/c13-7-1-6(11(14)17)2-8(3-7)23(20,21)15-4-10-16-9(5-22-10)12(18)19/h1-3,5,15H,4H2,(H2,14,17)(H,18,19). The molecular weight excluding hydrogens is 366 g/mol. The minimum atomic E-state index is -3.97. The molecule has 8 nitrogen and oxygen atoms in total.